The van der Waals surface area contributed by atoms with Gasteiger partial charge >= 0.3 is 5.97 Å². The average Bonchev–Trinajstić information content (AvgIpc) is 2.58. The second-order valence-electron chi connectivity index (χ2n) is 6.78. The minimum absolute atomic E-state index is 0.0530. The Morgan fingerprint density at radius 3 is 2.58 bits per heavy atom. The number of benzene rings is 1. The van der Waals surface area contributed by atoms with Crippen LogP contribution in [0.5, 0.6) is 0 Å². The molecular weight excluding hydrogens is 304 g/mol. The summed E-state index contributed by atoms with van der Waals surface area (Å²) >= 11 is 0. The van der Waals surface area contributed by atoms with Crippen molar-refractivity contribution in [2.24, 2.45) is 5.92 Å². The first kappa shape index (κ1) is 18.0. The first-order valence-electron chi connectivity index (χ1n) is 8.37. The van der Waals surface area contributed by atoms with Gasteiger partial charge in [-0.2, -0.15) is 5.26 Å². The topological polar surface area (TPSA) is 79.2 Å². The largest absolute Gasteiger partial charge is 0.452 e. The molecule has 5 nitrogen and oxygen atoms in total. The van der Waals surface area contributed by atoms with Gasteiger partial charge in [0.25, 0.3) is 5.91 Å². The van der Waals surface area contributed by atoms with Crippen LogP contribution in [0.25, 0.3) is 0 Å². The van der Waals surface area contributed by atoms with E-state index in [4.69, 9.17) is 4.74 Å². The SMILES string of the molecule is CC(C)[C@@](C)(C#N)NC(=O)COC(=O)c1ccc2c(c1)CCCC2. The first-order valence-corrected chi connectivity index (χ1v) is 8.37. The third-order valence-electron chi connectivity index (χ3n) is 4.70. The molecule has 1 atom stereocenters. The van der Waals surface area contributed by atoms with E-state index in [1.807, 2.05) is 26.0 Å². The molecule has 0 unspecified atom stereocenters. The van der Waals surface area contributed by atoms with Crippen LogP contribution in [0.1, 0.15) is 55.1 Å². The van der Waals surface area contributed by atoms with Gasteiger partial charge in [-0.3, -0.25) is 4.79 Å². The van der Waals surface area contributed by atoms with Crippen LogP contribution < -0.4 is 5.32 Å². The Bertz CT molecular complexity index is 676. The van der Waals surface area contributed by atoms with E-state index in [-0.39, 0.29) is 12.5 Å². The summed E-state index contributed by atoms with van der Waals surface area (Å²) in [5.74, 6) is -1.04. The maximum Gasteiger partial charge on any atom is 0.338 e. The molecule has 1 N–H and O–H groups in total. The fourth-order valence-corrected chi connectivity index (χ4v) is 2.70. The Balaban J connectivity index is 1.93. The zero-order chi connectivity index (χ0) is 17.7. The second kappa shape index (κ2) is 7.48. The van der Waals surface area contributed by atoms with Crippen molar-refractivity contribution in [3.63, 3.8) is 0 Å². The van der Waals surface area contributed by atoms with Gasteiger partial charge in [0.15, 0.2) is 6.61 Å². The number of hydrogen-bond donors (Lipinski definition) is 1. The highest BCUT2D eigenvalue weighted by Gasteiger charge is 2.30. The molecule has 0 aliphatic heterocycles. The standard InChI is InChI=1S/C19H24N2O3/c1-13(2)19(3,12-20)21-17(22)11-24-18(23)16-9-8-14-6-4-5-7-15(14)10-16/h8-10,13H,4-7,11H2,1-3H3,(H,21,22)/t19-/m1/s1. The van der Waals surface area contributed by atoms with E-state index < -0.39 is 17.4 Å². The van der Waals surface area contributed by atoms with Crippen LogP contribution in [-0.4, -0.2) is 24.0 Å². The number of amides is 1. The molecule has 0 spiro atoms. The normalized spacial score (nSPS) is 15.8. The van der Waals surface area contributed by atoms with Crippen LogP contribution in [-0.2, 0) is 22.4 Å². The first-order chi connectivity index (χ1) is 11.4. The van der Waals surface area contributed by atoms with Crippen LogP contribution in [0.15, 0.2) is 18.2 Å². The van der Waals surface area contributed by atoms with Crippen LogP contribution in [0.2, 0.25) is 0 Å². The maximum atomic E-state index is 12.1. The molecule has 1 aliphatic rings. The summed E-state index contributed by atoms with van der Waals surface area (Å²) in [4.78, 5) is 24.1. The molecule has 1 aromatic rings. The van der Waals surface area contributed by atoms with Crippen molar-refractivity contribution in [1.29, 1.82) is 5.26 Å². The van der Waals surface area contributed by atoms with Crippen LogP contribution in [0.3, 0.4) is 0 Å². The fraction of sp³-hybridized carbons (Fsp3) is 0.526. The monoisotopic (exact) mass is 328 g/mol. The lowest BCUT2D eigenvalue weighted by atomic mass is 9.90. The number of nitrogens with one attached hydrogen (secondary N) is 1. The molecule has 0 radical (unpaired) electrons. The molecule has 2 rings (SSSR count). The van der Waals surface area contributed by atoms with E-state index in [0.717, 1.165) is 19.3 Å². The summed E-state index contributed by atoms with van der Waals surface area (Å²) in [5.41, 5.74) is 1.97. The van der Waals surface area contributed by atoms with Crippen molar-refractivity contribution in [3.8, 4) is 6.07 Å². The molecule has 0 aromatic heterocycles. The molecule has 24 heavy (non-hydrogen) atoms. The minimum atomic E-state index is -0.977. The Morgan fingerprint density at radius 2 is 1.96 bits per heavy atom. The smallest absolute Gasteiger partial charge is 0.338 e. The summed E-state index contributed by atoms with van der Waals surface area (Å²) in [6.07, 6.45) is 4.35. The number of carbonyl (C=O) groups excluding carboxylic acids is 2. The summed E-state index contributed by atoms with van der Waals surface area (Å²) in [5, 5.41) is 11.8. The lowest BCUT2D eigenvalue weighted by molar-refractivity contribution is -0.125. The lowest BCUT2D eigenvalue weighted by Gasteiger charge is -2.27. The molecule has 0 bridgehead atoms. The number of rotatable bonds is 5. The van der Waals surface area contributed by atoms with Gasteiger partial charge in [-0.1, -0.05) is 19.9 Å². The highest BCUT2D eigenvalue weighted by molar-refractivity contribution is 5.91. The zero-order valence-electron chi connectivity index (χ0n) is 14.5. The van der Waals surface area contributed by atoms with Gasteiger partial charge in [0.2, 0.25) is 0 Å². The molecule has 0 saturated heterocycles. The quantitative estimate of drug-likeness (QED) is 0.843. The van der Waals surface area contributed by atoms with E-state index in [1.165, 1.54) is 17.5 Å². The molecule has 0 fully saturated rings. The van der Waals surface area contributed by atoms with E-state index in [0.29, 0.717) is 5.56 Å². The number of carbonyl (C=O) groups is 2. The highest BCUT2D eigenvalue weighted by atomic mass is 16.5. The maximum absolute atomic E-state index is 12.1. The van der Waals surface area contributed by atoms with E-state index in [1.54, 1.807) is 13.0 Å². The Labute approximate surface area is 143 Å². The number of fused-ring (bicyclic) bond motifs is 1. The molecule has 128 valence electrons. The molecule has 5 heteroatoms. The van der Waals surface area contributed by atoms with Crippen LogP contribution >= 0.6 is 0 Å². The van der Waals surface area contributed by atoms with Crippen molar-refractivity contribution in [2.75, 3.05) is 6.61 Å². The molecule has 1 amide bonds. The van der Waals surface area contributed by atoms with Gasteiger partial charge in [0.1, 0.15) is 5.54 Å². The molecule has 0 heterocycles. The predicted octanol–water partition coefficient (Wildman–Crippen LogP) is 2.78. The van der Waals surface area contributed by atoms with Gasteiger partial charge in [0, 0.05) is 0 Å². The van der Waals surface area contributed by atoms with E-state index in [9.17, 15) is 14.9 Å². The fourth-order valence-electron chi connectivity index (χ4n) is 2.70. The van der Waals surface area contributed by atoms with Gasteiger partial charge in [0.05, 0.1) is 11.6 Å². The van der Waals surface area contributed by atoms with Crippen molar-refractivity contribution < 1.29 is 14.3 Å². The summed E-state index contributed by atoms with van der Waals surface area (Å²) < 4.78 is 5.09. The van der Waals surface area contributed by atoms with E-state index in [2.05, 4.69) is 11.4 Å². The summed E-state index contributed by atoms with van der Waals surface area (Å²) in [7, 11) is 0. The van der Waals surface area contributed by atoms with Crippen molar-refractivity contribution in [3.05, 3.63) is 34.9 Å². The lowest BCUT2D eigenvalue weighted by Crippen LogP contribution is -2.50. The van der Waals surface area contributed by atoms with Gasteiger partial charge in [-0.05, 0) is 61.8 Å². The molecular formula is C19H24N2O3. The number of ether oxygens (including phenoxy) is 1. The van der Waals surface area contributed by atoms with Gasteiger partial charge in [-0.25, -0.2) is 4.79 Å². The van der Waals surface area contributed by atoms with Crippen molar-refractivity contribution in [2.45, 2.75) is 52.0 Å². The summed E-state index contributed by atoms with van der Waals surface area (Å²) in [6, 6.07) is 7.67. The van der Waals surface area contributed by atoms with Crippen LogP contribution in [0.4, 0.5) is 0 Å². The Hall–Kier alpha value is -2.35. The van der Waals surface area contributed by atoms with Crippen LogP contribution in [0, 0.1) is 17.2 Å². The third-order valence-corrected chi connectivity index (χ3v) is 4.70. The molecule has 0 saturated carbocycles. The van der Waals surface area contributed by atoms with Gasteiger partial charge < -0.3 is 10.1 Å². The highest BCUT2D eigenvalue weighted by Crippen LogP contribution is 2.22. The zero-order valence-corrected chi connectivity index (χ0v) is 14.5. The van der Waals surface area contributed by atoms with Crippen molar-refractivity contribution >= 4 is 11.9 Å². The van der Waals surface area contributed by atoms with E-state index >= 15 is 0 Å². The Morgan fingerprint density at radius 1 is 1.29 bits per heavy atom. The number of esters is 1. The summed E-state index contributed by atoms with van der Waals surface area (Å²) in [6.45, 7) is 4.96. The number of nitrogens with zero attached hydrogens (tertiary/aromatic N) is 1. The predicted molar refractivity (Wildman–Crippen MR) is 90.4 cm³/mol. The number of hydrogen-bond acceptors (Lipinski definition) is 4. The third kappa shape index (κ3) is 4.14. The van der Waals surface area contributed by atoms with Gasteiger partial charge in [-0.15, -0.1) is 0 Å². The molecule has 1 aromatic carbocycles. The average molecular weight is 328 g/mol. The number of nitriles is 1. The molecule has 1 aliphatic carbocycles. The van der Waals surface area contributed by atoms with Crippen molar-refractivity contribution in [1.82, 2.24) is 5.32 Å². The minimum Gasteiger partial charge on any atom is -0.452 e. The number of aryl methyl sites for hydroxylation is 2. The Kier molecular flexibility index (Phi) is 5.61. The second-order valence-corrected chi connectivity index (χ2v) is 6.78.